The number of para-hydroxylation sites is 1. The Morgan fingerprint density at radius 3 is 2.75 bits per heavy atom. The molecule has 0 amide bonds. The highest BCUT2D eigenvalue weighted by molar-refractivity contribution is 7.12. The summed E-state index contributed by atoms with van der Waals surface area (Å²) in [7, 11) is 1.77. The minimum Gasteiger partial charge on any atom is -0.425 e. The van der Waals surface area contributed by atoms with Crippen LogP contribution in [-0.4, -0.2) is 10.5 Å². The topological polar surface area (TPSA) is 48.3 Å². The fourth-order valence-electron chi connectivity index (χ4n) is 3.35. The molecular formula is C19H17NO3S. The van der Waals surface area contributed by atoms with Crippen LogP contribution in [0.4, 0.5) is 0 Å². The monoisotopic (exact) mass is 339 g/mol. The van der Waals surface area contributed by atoms with Gasteiger partial charge in [0.25, 0.3) is 5.56 Å². The fourth-order valence-corrected chi connectivity index (χ4v) is 4.41. The predicted octanol–water partition coefficient (Wildman–Crippen LogP) is 3.60. The zero-order valence-electron chi connectivity index (χ0n) is 13.5. The van der Waals surface area contributed by atoms with Crippen LogP contribution in [0.5, 0.6) is 5.75 Å². The van der Waals surface area contributed by atoms with Crippen LogP contribution in [-0.2, 0) is 18.3 Å². The second kappa shape index (κ2) is 5.60. The molecule has 4 rings (SSSR count). The molecular weight excluding hydrogens is 322 g/mol. The number of hydrogen-bond donors (Lipinski definition) is 0. The Morgan fingerprint density at radius 2 is 2.00 bits per heavy atom. The molecule has 0 spiro atoms. The van der Waals surface area contributed by atoms with Crippen LogP contribution in [0.25, 0.3) is 10.9 Å². The van der Waals surface area contributed by atoms with Gasteiger partial charge in [-0.25, -0.2) is 0 Å². The van der Waals surface area contributed by atoms with Crippen LogP contribution in [0.2, 0.25) is 0 Å². The summed E-state index contributed by atoms with van der Waals surface area (Å²) in [6.45, 7) is 2.10. The summed E-state index contributed by atoms with van der Waals surface area (Å²) in [5, 5.41) is 0.805. The van der Waals surface area contributed by atoms with Crippen molar-refractivity contribution >= 4 is 28.2 Å². The molecule has 0 unspecified atom stereocenters. The molecule has 122 valence electrons. The van der Waals surface area contributed by atoms with Gasteiger partial charge < -0.3 is 9.30 Å². The maximum absolute atomic E-state index is 13.0. The van der Waals surface area contributed by atoms with E-state index in [0.29, 0.717) is 11.3 Å². The van der Waals surface area contributed by atoms with Gasteiger partial charge in [0.1, 0.15) is 5.75 Å². The Labute approximate surface area is 143 Å². The van der Waals surface area contributed by atoms with Gasteiger partial charge in [-0.1, -0.05) is 19.1 Å². The van der Waals surface area contributed by atoms with Crippen molar-refractivity contribution in [3.63, 3.8) is 0 Å². The molecule has 0 bridgehead atoms. The van der Waals surface area contributed by atoms with Crippen LogP contribution < -0.4 is 10.3 Å². The van der Waals surface area contributed by atoms with Gasteiger partial charge in [0.05, 0.1) is 17.5 Å². The molecule has 0 N–H and O–H groups in total. The van der Waals surface area contributed by atoms with Gasteiger partial charge in [-0.05, 0) is 30.7 Å². The number of hydrogen-bond acceptors (Lipinski definition) is 4. The summed E-state index contributed by atoms with van der Waals surface area (Å²) < 4.78 is 7.17. The zero-order valence-corrected chi connectivity index (χ0v) is 14.4. The molecule has 2 aromatic heterocycles. The molecule has 1 aromatic carbocycles. The van der Waals surface area contributed by atoms with E-state index < -0.39 is 0 Å². The number of pyridine rings is 1. The first-order chi connectivity index (χ1) is 11.6. The highest BCUT2D eigenvalue weighted by atomic mass is 32.1. The van der Waals surface area contributed by atoms with Crippen LogP contribution in [0.3, 0.4) is 0 Å². The molecule has 4 nitrogen and oxygen atoms in total. The van der Waals surface area contributed by atoms with E-state index in [0.717, 1.165) is 22.2 Å². The first-order valence-corrected chi connectivity index (χ1v) is 8.82. The molecule has 1 aliphatic rings. The smallest absolute Gasteiger partial charge is 0.312 e. The van der Waals surface area contributed by atoms with Crippen molar-refractivity contribution < 1.29 is 9.53 Å². The van der Waals surface area contributed by atoms with Crippen molar-refractivity contribution in [3.05, 3.63) is 62.1 Å². The number of thiophene rings is 1. The van der Waals surface area contributed by atoms with E-state index in [1.54, 1.807) is 23.0 Å². The Hall–Kier alpha value is -2.40. The van der Waals surface area contributed by atoms with Crippen LogP contribution in [0, 0.1) is 0 Å². The number of carbonyl (C=O) groups is 1. The number of rotatable bonds is 2. The molecule has 5 heteroatoms. The number of aryl methyl sites for hydroxylation is 2. The lowest BCUT2D eigenvalue weighted by molar-refractivity contribution is -0.135. The van der Waals surface area contributed by atoms with Crippen molar-refractivity contribution in [1.82, 2.24) is 4.57 Å². The fraction of sp³-hybridized carbons (Fsp3) is 0.263. The Balaban J connectivity index is 2.03. The summed E-state index contributed by atoms with van der Waals surface area (Å²) in [5.41, 5.74) is 1.28. The van der Waals surface area contributed by atoms with Crippen LogP contribution in [0.15, 0.2) is 41.2 Å². The Bertz CT molecular complexity index is 1020. The normalized spacial score (nSPS) is 16.9. The molecule has 0 saturated carbocycles. The summed E-state index contributed by atoms with van der Waals surface area (Å²) in [5.74, 6) is -0.0754. The lowest BCUT2D eigenvalue weighted by Gasteiger charge is -2.25. The van der Waals surface area contributed by atoms with E-state index in [1.807, 2.05) is 30.3 Å². The molecule has 1 aliphatic heterocycles. The third-order valence-electron chi connectivity index (χ3n) is 4.60. The van der Waals surface area contributed by atoms with E-state index in [-0.39, 0.29) is 23.9 Å². The first kappa shape index (κ1) is 15.1. The number of benzene rings is 1. The van der Waals surface area contributed by atoms with E-state index >= 15 is 0 Å². The lowest BCUT2D eigenvalue weighted by Crippen LogP contribution is -2.31. The van der Waals surface area contributed by atoms with Crippen molar-refractivity contribution in [2.75, 3.05) is 0 Å². The van der Waals surface area contributed by atoms with Gasteiger partial charge in [-0.3, -0.25) is 9.59 Å². The first-order valence-electron chi connectivity index (χ1n) is 8.01. The number of esters is 1. The van der Waals surface area contributed by atoms with E-state index in [2.05, 4.69) is 13.0 Å². The number of nitrogens with zero attached hydrogens (tertiary/aromatic N) is 1. The second-order valence-corrected chi connectivity index (χ2v) is 7.21. The van der Waals surface area contributed by atoms with E-state index in [1.165, 1.54) is 4.88 Å². The molecule has 3 aromatic rings. The zero-order chi connectivity index (χ0) is 16.8. The van der Waals surface area contributed by atoms with Gasteiger partial charge in [-0.2, -0.15) is 0 Å². The predicted molar refractivity (Wildman–Crippen MR) is 95.0 cm³/mol. The van der Waals surface area contributed by atoms with Gasteiger partial charge >= 0.3 is 5.97 Å². The summed E-state index contributed by atoms with van der Waals surface area (Å²) in [6, 6.07) is 11.6. The SMILES string of the molecule is CCc1ccc([C@H]2CC(=O)Oc3c2c(=O)n(C)c2ccccc32)s1. The average molecular weight is 339 g/mol. The molecule has 0 aliphatic carbocycles. The maximum atomic E-state index is 13.0. The van der Waals surface area contributed by atoms with Gasteiger partial charge in [0.15, 0.2) is 0 Å². The Kier molecular flexibility index (Phi) is 3.53. The largest absolute Gasteiger partial charge is 0.425 e. The van der Waals surface area contributed by atoms with Crippen molar-refractivity contribution in [2.24, 2.45) is 7.05 Å². The molecule has 1 atom stereocenters. The van der Waals surface area contributed by atoms with Gasteiger partial charge in [0.2, 0.25) is 0 Å². The van der Waals surface area contributed by atoms with Crippen molar-refractivity contribution in [2.45, 2.75) is 25.7 Å². The minimum atomic E-state index is -0.280. The highest BCUT2D eigenvalue weighted by Crippen LogP contribution is 2.42. The second-order valence-electron chi connectivity index (χ2n) is 6.01. The van der Waals surface area contributed by atoms with E-state index in [4.69, 9.17) is 4.74 Å². The highest BCUT2D eigenvalue weighted by Gasteiger charge is 2.34. The molecule has 0 fully saturated rings. The van der Waals surface area contributed by atoms with E-state index in [9.17, 15) is 9.59 Å². The van der Waals surface area contributed by atoms with Crippen molar-refractivity contribution in [3.8, 4) is 5.75 Å². The van der Waals surface area contributed by atoms with Crippen molar-refractivity contribution in [1.29, 1.82) is 0 Å². The number of ether oxygens (including phenoxy) is 1. The van der Waals surface area contributed by atoms with Crippen LogP contribution in [0.1, 0.15) is 34.6 Å². The summed E-state index contributed by atoms with van der Waals surface area (Å²) in [6.07, 6.45) is 1.16. The van der Waals surface area contributed by atoms with Gasteiger partial charge in [0, 0.05) is 28.1 Å². The molecule has 3 heterocycles. The minimum absolute atomic E-state index is 0.0901. The third kappa shape index (κ3) is 2.19. The average Bonchev–Trinajstić information content (AvgIpc) is 3.08. The summed E-state index contributed by atoms with van der Waals surface area (Å²) >= 11 is 1.67. The summed E-state index contributed by atoms with van der Waals surface area (Å²) in [4.78, 5) is 27.5. The Morgan fingerprint density at radius 1 is 1.21 bits per heavy atom. The third-order valence-corrected chi connectivity index (χ3v) is 5.94. The number of carbonyl (C=O) groups excluding carboxylic acids is 1. The van der Waals surface area contributed by atoms with Crippen LogP contribution >= 0.6 is 11.3 Å². The molecule has 0 radical (unpaired) electrons. The lowest BCUT2D eigenvalue weighted by atomic mass is 9.91. The van der Waals surface area contributed by atoms with Gasteiger partial charge in [-0.15, -0.1) is 11.3 Å². The molecule has 24 heavy (non-hydrogen) atoms. The standard InChI is InChI=1S/C19H17NO3S/c1-3-11-8-9-15(24-11)13-10-16(21)23-18-12-6-4-5-7-14(12)20(2)19(22)17(13)18/h4-9,13H,3,10H2,1-2H3/t13-/m1/s1. The molecule has 0 saturated heterocycles. The number of fused-ring (bicyclic) bond motifs is 3. The number of aromatic nitrogens is 1. The quantitative estimate of drug-likeness (QED) is 0.670. The maximum Gasteiger partial charge on any atom is 0.312 e.